The molecule has 2 aromatic carbocycles. The molecule has 39 heavy (non-hydrogen) atoms. The number of hydrogen-bond acceptors (Lipinski definition) is 5. The number of amides is 2. The molecule has 2 aliphatic rings. The number of carbonyl (C=O) groups is 1. The van der Waals surface area contributed by atoms with Crippen molar-refractivity contribution in [2.45, 2.75) is 37.3 Å². The van der Waals surface area contributed by atoms with Crippen molar-refractivity contribution >= 4 is 6.03 Å². The molecule has 12 heteroatoms. The van der Waals surface area contributed by atoms with Crippen LogP contribution in [0.4, 0.5) is 26.7 Å². The van der Waals surface area contributed by atoms with Crippen molar-refractivity contribution < 1.29 is 31.3 Å². The number of alkyl halides is 3. The van der Waals surface area contributed by atoms with Crippen LogP contribution in [-0.4, -0.2) is 52.2 Å². The molecule has 2 unspecified atom stereocenters. The van der Waals surface area contributed by atoms with Crippen LogP contribution in [0.1, 0.15) is 48.1 Å². The van der Waals surface area contributed by atoms with E-state index in [-0.39, 0.29) is 48.2 Å². The van der Waals surface area contributed by atoms with Gasteiger partial charge in [0.05, 0.1) is 23.1 Å². The van der Waals surface area contributed by atoms with E-state index in [0.717, 1.165) is 18.2 Å². The van der Waals surface area contributed by atoms with E-state index in [1.807, 2.05) is 0 Å². The zero-order valence-corrected chi connectivity index (χ0v) is 20.7. The molecule has 2 fully saturated rings. The van der Waals surface area contributed by atoms with Crippen LogP contribution in [0.5, 0.6) is 0 Å². The number of likely N-dealkylation sites (tertiary alicyclic amines) is 2. The Morgan fingerprint density at radius 3 is 2.33 bits per heavy atom. The first-order valence-corrected chi connectivity index (χ1v) is 12.5. The van der Waals surface area contributed by atoms with Gasteiger partial charge in [-0.15, -0.1) is 0 Å². The van der Waals surface area contributed by atoms with E-state index in [9.17, 15) is 32.0 Å². The van der Waals surface area contributed by atoms with Gasteiger partial charge in [0, 0.05) is 44.1 Å². The van der Waals surface area contributed by atoms with Gasteiger partial charge in [-0.1, -0.05) is 17.3 Å². The molecule has 5 rings (SSSR count). The summed E-state index contributed by atoms with van der Waals surface area (Å²) in [6.45, 7) is 1.34. The Bertz CT molecular complexity index is 1380. The van der Waals surface area contributed by atoms with Gasteiger partial charge in [0.2, 0.25) is 11.7 Å². The minimum absolute atomic E-state index is 0.0465. The average molecular weight is 546 g/mol. The van der Waals surface area contributed by atoms with Crippen LogP contribution in [-0.2, 0) is 6.18 Å². The second-order valence-electron chi connectivity index (χ2n) is 9.91. The summed E-state index contributed by atoms with van der Waals surface area (Å²) in [5.74, 6) is -2.44. The van der Waals surface area contributed by atoms with Crippen LogP contribution >= 0.6 is 0 Å². The Labute approximate surface area is 220 Å². The predicted octanol–water partition coefficient (Wildman–Crippen LogP) is 5.96. The van der Waals surface area contributed by atoms with Crippen molar-refractivity contribution in [3.63, 3.8) is 0 Å². The normalized spacial score (nSPS) is 20.6. The summed E-state index contributed by atoms with van der Waals surface area (Å²) < 4.78 is 72.4. The van der Waals surface area contributed by atoms with Crippen LogP contribution < -0.4 is 0 Å². The summed E-state index contributed by atoms with van der Waals surface area (Å²) in [7, 11) is 0. The zero-order valence-electron chi connectivity index (χ0n) is 20.7. The summed E-state index contributed by atoms with van der Waals surface area (Å²) in [6.07, 6.45) is -2.93. The molecular weight excluding hydrogens is 521 g/mol. The van der Waals surface area contributed by atoms with Gasteiger partial charge in [-0.2, -0.15) is 23.4 Å². The van der Waals surface area contributed by atoms with Crippen LogP contribution in [0.15, 0.2) is 47.0 Å². The Morgan fingerprint density at radius 1 is 1.00 bits per heavy atom. The average Bonchev–Trinajstić information content (AvgIpc) is 3.42. The number of carbonyl (C=O) groups excluding carboxylic acids is 1. The van der Waals surface area contributed by atoms with Crippen molar-refractivity contribution in [3.05, 3.63) is 71.1 Å². The molecule has 2 aliphatic heterocycles. The van der Waals surface area contributed by atoms with Crippen LogP contribution in [0, 0.1) is 28.9 Å². The molecular formula is C27H24F5N5O2. The Hall–Kier alpha value is -4.01. The third-order valence-electron chi connectivity index (χ3n) is 7.34. The monoisotopic (exact) mass is 545 g/mol. The van der Waals surface area contributed by atoms with Crippen molar-refractivity contribution in [2.75, 3.05) is 26.2 Å². The van der Waals surface area contributed by atoms with Gasteiger partial charge in [-0.05, 0) is 49.1 Å². The van der Waals surface area contributed by atoms with Gasteiger partial charge in [0.25, 0.3) is 0 Å². The highest BCUT2D eigenvalue weighted by molar-refractivity contribution is 5.75. The summed E-state index contributed by atoms with van der Waals surface area (Å²) in [6, 6.07) is 9.82. The van der Waals surface area contributed by atoms with Crippen molar-refractivity contribution in [1.82, 2.24) is 19.9 Å². The van der Waals surface area contributed by atoms with Gasteiger partial charge >= 0.3 is 12.2 Å². The lowest BCUT2D eigenvalue weighted by atomic mass is 9.84. The molecule has 0 aliphatic carbocycles. The Morgan fingerprint density at radius 2 is 1.69 bits per heavy atom. The molecule has 3 heterocycles. The van der Waals surface area contributed by atoms with Crippen molar-refractivity contribution in [3.8, 4) is 17.5 Å². The quantitative estimate of drug-likeness (QED) is 0.379. The largest absolute Gasteiger partial charge is 0.416 e. The minimum atomic E-state index is -4.47. The highest BCUT2D eigenvalue weighted by Crippen LogP contribution is 2.38. The van der Waals surface area contributed by atoms with Gasteiger partial charge < -0.3 is 14.3 Å². The fraction of sp³-hybridized carbons (Fsp3) is 0.407. The predicted molar refractivity (Wildman–Crippen MR) is 128 cm³/mol. The fourth-order valence-corrected chi connectivity index (χ4v) is 5.20. The van der Waals surface area contributed by atoms with E-state index in [0.29, 0.717) is 44.0 Å². The van der Waals surface area contributed by atoms with E-state index in [1.54, 1.807) is 9.80 Å². The first-order valence-electron chi connectivity index (χ1n) is 12.5. The number of aromatic nitrogens is 2. The number of piperidine rings is 2. The molecule has 2 saturated heterocycles. The van der Waals surface area contributed by atoms with E-state index in [4.69, 9.17) is 4.52 Å². The third-order valence-corrected chi connectivity index (χ3v) is 7.34. The molecule has 204 valence electrons. The number of urea groups is 1. The highest BCUT2D eigenvalue weighted by Gasteiger charge is 2.38. The fourth-order valence-electron chi connectivity index (χ4n) is 5.20. The molecule has 2 amide bonds. The Balaban J connectivity index is 1.41. The van der Waals surface area contributed by atoms with E-state index >= 15 is 0 Å². The maximum absolute atomic E-state index is 14.3. The summed E-state index contributed by atoms with van der Waals surface area (Å²) in [5.41, 5.74) is -0.192. The minimum Gasteiger partial charge on any atom is -0.339 e. The van der Waals surface area contributed by atoms with Crippen molar-refractivity contribution in [1.29, 1.82) is 5.26 Å². The zero-order chi connectivity index (χ0) is 27.7. The molecule has 7 nitrogen and oxygen atoms in total. The molecule has 0 saturated carbocycles. The van der Waals surface area contributed by atoms with Gasteiger partial charge in [0.1, 0.15) is 11.6 Å². The maximum Gasteiger partial charge on any atom is 0.416 e. The summed E-state index contributed by atoms with van der Waals surface area (Å²) >= 11 is 0. The number of halogens is 5. The first kappa shape index (κ1) is 26.6. The highest BCUT2D eigenvalue weighted by atomic mass is 19.4. The smallest absolute Gasteiger partial charge is 0.339 e. The molecule has 0 spiro atoms. The second kappa shape index (κ2) is 10.6. The van der Waals surface area contributed by atoms with Crippen molar-refractivity contribution in [2.24, 2.45) is 5.92 Å². The van der Waals surface area contributed by atoms with E-state index < -0.39 is 29.3 Å². The lowest BCUT2D eigenvalue weighted by Gasteiger charge is -2.40. The van der Waals surface area contributed by atoms with Crippen LogP contribution in [0.2, 0.25) is 0 Å². The molecule has 0 bridgehead atoms. The van der Waals surface area contributed by atoms with Crippen LogP contribution in [0.25, 0.3) is 11.4 Å². The topological polar surface area (TPSA) is 86.3 Å². The Kier molecular flexibility index (Phi) is 7.25. The third kappa shape index (κ3) is 5.72. The standard InChI is InChI=1S/C27H24F5N5O2/c28-21-5-6-22(23(29)12-21)24-34-25(39-35-24)19-11-18(17-1-3-20(4-2-17)27(30,31)32)14-37(15-19)26(38)36-9-7-16(13-33)8-10-36/h1-6,12,16,18-19H,7-11,14-15H2. The first-order chi connectivity index (χ1) is 18.6. The van der Waals surface area contributed by atoms with E-state index in [2.05, 4.69) is 16.2 Å². The summed E-state index contributed by atoms with van der Waals surface area (Å²) in [4.78, 5) is 21.1. The lowest BCUT2D eigenvalue weighted by Crippen LogP contribution is -2.51. The van der Waals surface area contributed by atoms with E-state index in [1.165, 1.54) is 18.2 Å². The number of benzene rings is 2. The molecule has 1 aromatic heterocycles. The van der Waals surface area contributed by atoms with Crippen LogP contribution in [0.3, 0.4) is 0 Å². The lowest BCUT2D eigenvalue weighted by molar-refractivity contribution is -0.137. The second-order valence-corrected chi connectivity index (χ2v) is 9.91. The van der Waals surface area contributed by atoms with Gasteiger partial charge in [-0.3, -0.25) is 0 Å². The number of nitriles is 1. The van der Waals surface area contributed by atoms with Gasteiger partial charge in [0.15, 0.2) is 0 Å². The SMILES string of the molecule is N#CC1CCN(C(=O)N2CC(c3ccc(C(F)(F)F)cc3)CC(c3nc(-c4ccc(F)cc4F)no3)C2)CC1. The number of rotatable bonds is 3. The molecule has 2 atom stereocenters. The summed E-state index contributed by atoms with van der Waals surface area (Å²) in [5, 5.41) is 13.0. The molecule has 3 aromatic rings. The molecule has 0 radical (unpaired) electrons. The molecule has 0 N–H and O–H groups in total. The van der Waals surface area contributed by atoms with Gasteiger partial charge in [-0.25, -0.2) is 13.6 Å². The number of hydrogen-bond donors (Lipinski definition) is 0. The maximum atomic E-state index is 14.3. The number of nitrogens with zero attached hydrogens (tertiary/aromatic N) is 5.